The number of benzene rings is 2. The third kappa shape index (κ3) is 4.04. The molecule has 0 heterocycles. The van der Waals surface area contributed by atoms with E-state index in [1.165, 1.54) is 6.08 Å². The number of allylic oxidation sites excluding steroid dienone is 1. The second-order valence-electron chi connectivity index (χ2n) is 4.41. The fourth-order valence-electron chi connectivity index (χ4n) is 1.80. The van der Waals surface area contributed by atoms with E-state index in [9.17, 15) is 9.59 Å². The van der Waals surface area contributed by atoms with Crippen molar-refractivity contribution in [1.29, 1.82) is 0 Å². The summed E-state index contributed by atoms with van der Waals surface area (Å²) in [6, 6.07) is 13.8. The maximum Gasteiger partial charge on any atom is 0.251 e. The molecule has 4 heteroatoms. The van der Waals surface area contributed by atoms with E-state index in [4.69, 9.17) is 11.6 Å². The molecule has 0 aliphatic carbocycles. The zero-order valence-electron chi connectivity index (χ0n) is 11.5. The van der Waals surface area contributed by atoms with Gasteiger partial charge >= 0.3 is 0 Å². The van der Waals surface area contributed by atoms with Crippen LogP contribution in [0, 0.1) is 0 Å². The summed E-state index contributed by atoms with van der Waals surface area (Å²) >= 11 is 5.85. The first kappa shape index (κ1) is 15.0. The third-order valence-electron chi connectivity index (χ3n) is 2.94. The van der Waals surface area contributed by atoms with Crippen molar-refractivity contribution >= 4 is 29.4 Å². The summed E-state index contributed by atoms with van der Waals surface area (Å²) in [6.07, 6.45) is 3.19. The third-order valence-corrected chi connectivity index (χ3v) is 3.17. The smallest absolute Gasteiger partial charge is 0.251 e. The number of rotatable bonds is 4. The second kappa shape index (κ2) is 6.86. The van der Waals surface area contributed by atoms with Crippen molar-refractivity contribution in [3.63, 3.8) is 0 Å². The van der Waals surface area contributed by atoms with E-state index >= 15 is 0 Å². The number of carbonyl (C=O) groups is 2. The van der Waals surface area contributed by atoms with Crippen molar-refractivity contribution in [1.82, 2.24) is 5.32 Å². The zero-order chi connectivity index (χ0) is 15.2. The highest BCUT2D eigenvalue weighted by Gasteiger charge is 2.03. The standard InChI is InChI=1S/C17H14ClNO2/c1-19-17(21)13-8-5-12(6-9-13)7-10-16(20)14-3-2-4-15(18)11-14/h2-11H,1H3,(H,19,21)/b10-7+. The number of carbonyl (C=O) groups excluding carboxylic acids is 2. The highest BCUT2D eigenvalue weighted by molar-refractivity contribution is 6.31. The molecule has 0 fully saturated rings. The number of hydrogen-bond acceptors (Lipinski definition) is 2. The van der Waals surface area contributed by atoms with Crippen LogP contribution in [0.2, 0.25) is 5.02 Å². The Morgan fingerprint density at radius 2 is 1.76 bits per heavy atom. The summed E-state index contributed by atoms with van der Waals surface area (Å²) in [5.74, 6) is -0.256. The van der Waals surface area contributed by atoms with Gasteiger partial charge in [-0.3, -0.25) is 9.59 Å². The van der Waals surface area contributed by atoms with Crippen LogP contribution in [-0.2, 0) is 0 Å². The van der Waals surface area contributed by atoms with Gasteiger partial charge in [-0.1, -0.05) is 41.9 Å². The second-order valence-corrected chi connectivity index (χ2v) is 4.85. The Hall–Kier alpha value is -2.39. The summed E-state index contributed by atoms with van der Waals surface area (Å²) in [5.41, 5.74) is 1.97. The monoisotopic (exact) mass is 299 g/mol. The summed E-state index contributed by atoms with van der Waals surface area (Å²) in [4.78, 5) is 23.4. The average Bonchev–Trinajstić information content (AvgIpc) is 2.52. The molecule has 21 heavy (non-hydrogen) atoms. The minimum absolute atomic E-state index is 0.118. The van der Waals surface area contributed by atoms with Gasteiger partial charge in [0.05, 0.1) is 0 Å². The number of amides is 1. The maximum atomic E-state index is 12.0. The minimum Gasteiger partial charge on any atom is -0.355 e. The summed E-state index contributed by atoms with van der Waals surface area (Å²) in [6.45, 7) is 0. The molecular weight excluding hydrogens is 286 g/mol. The molecule has 0 aromatic heterocycles. The molecule has 0 saturated heterocycles. The van der Waals surface area contributed by atoms with E-state index in [2.05, 4.69) is 5.32 Å². The highest BCUT2D eigenvalue weighted by atomic mass is 35.5. The van der Waals surface area contributed by atoms with Crippen LogP contribution in [0.3, 0.4) is 0 Å². The topological polar surface area (TPSA) is 46.2 Å². The van der Waals surface area contributed by atoms with Crippen molar-refractivity contribution in [3.05, 3.63) is 76.3 Å². The van der Waals surface area contributed by atoms with Crippen molar-refractivity contribution in [3.8, 4) is 0 Å². The molecule has 0 spiro atoms. The van der Waals surface area contributed by atoms with Crippen LogP contribution in [-0.4, -0.2) is 18.7 Å². The first-order valence-electron chi connectivity index (χ1n) is 6.40. The summed E-state index contributed by atoms with van der Waals surface area (Å²) in [5, 5.41) is 3.09. The largest absolute Gasteiger partial charge is 0.355 e. The van der Waals surface area contributed by atoms with E-state index < -0.39 is 0 Å². The van der Waals surface area contributed by atoms with E-state index in [1.54, 1.807) is 61.7 Å². The van der Waals surface area contributed by atoms with Crippen LogP contribution in [0.4, 0.5) is 0 Å². The highest BCUT2D eigenvalue weighted by Crippen LogP contribution is 2.12. The Bertz CT molecular complexity index is 690. The van der Waals surface area contributed by atoms with Crippen LogP contribution in [0.1, 0.15) is 26.3 Å². The molecule has 0 aliphatic rings. The van der Waals surface area contributed by atoms with Crippen molar-refractivity contribution in [2.75, 3.05) is 7.05 Å². The molecule has 2 aromatic rings. The van der Waals surface area contributed by atoms with Gasteiger partial charge in [-0.2, -0.15) is 0 Å². The van der Waals surface area contributed by atoms with Crippen molar-refractivity contribution in [2.24, 2.45) is 0 Å². The maximum absolute atomic E-state index is 12.0. The number of hydrogen-bond donors (Lipinski definition) is 1. The lowest BCUT2D eigenvalue weighted by Crippen LogP contribution is -2.17. The normalized spacial score (nSPS) is 10.6. The molecular formula is C17H14ClNO2. The van der Waals surface area contributed by atoms with Crippen LogP contribution in [0.5, 0.6) is 0 Å². The van der Waals surface area contributed by atoms with Crippen LogP contribution >= 0.6 is 11.6 Å². The van der Waals surface area contributed by atoms with Gasteiger partial charge in [-0.05, 0) is 35.9 Å². The van der Waals surface area contributed by atoms with Gasteiger partial charge < -0.3 is 5.32 Å². The number of nitrogens with one attached hydrogen (secondary N) is 1. The molecule has 0 saturated carbocycles. The van der Waals surface area contributed by atoms with E-state index in [0.29, 0.717) is 16.1 Å². The lowest BCUT2D eigenvalue weighted by molar-refractivity contribution is 0.0962. The minimum atomic E-state index is -0.138. The molecule has 2 rings (SSSR count). The molecule has 0 unspecified atom stereocenters. The van der Waals surface area contributed by atoms with Gasteiger partial charge in [0.1, 0.15) is 0 Å². The van der Waals surface area contributed by atoms with Gasteiger partial charge in [0.25, 0.3) is 5.91 Å². The lowest BCUT2D eigenvalue weighted by Gasteiger charge is -2.00. The molecule has 3 nitrogen and oxygen atoms in total. The Balaban J connectivity index is 2.10. The van der Waals surface area contributed by atoms with Crippen LogP contribution in [0.25, 0.3) is 6.08 Å². The predicted molar refractivity (Wildman–Crippen MR) is 84.6 cm³/mol. The molecule has 0 bridgehead atoms. The average molecular weight is 300 g/mol. The number of halogens is 1. The molecule has 106 valence electrons. The molecule has 2 aromatic carbocycles. The molecule has 0 aliphatic heterocycles. The Morgan fingerprint density at radius 3 is 2.38 bits per heavy atom. The lowest BCUT2D eigenvalue weighted by atomic mass is 10.1. The summed E-state index contributed by atoms with van der Waals surface area (Å²) in [7, 11) is 1.58. The van der Waals surface area contributed by atoms with E-state index in [-0.39, 0.29) is 11.7 Å². The van der Waals surface area contributed by atoms with E-state index in [1.807, 2.05) is 0 Å². The molecule has 0 atom stereocenters. The van der Waals surface area contributed by atoms with Gasteiger partial charge in [0, 0.05) is 23.2 Å². The molecule has 0 radical (unpaired) electrons. The van der Waals surface area contributed by atoms with Crippen LogP contribution < -0.4 is 5.32 Å². The van der Waals surface area contributed by atoms with E-state index in [0.717, 1.165) is 5.56 Å². The Labute approximate surface area is 128 Å². The van der Waals surface area contributed by atoms with Crippen molar-refractivity contribution < 1.29 is 9.59 Å². The first-order chi connectivity index (χ1) is 10.1. The Kier molecular flexibility index (Phi) is 4.90. The van der Waals surface area contributed by atoms with Gasteiger partial charge in [0.15, 0.2) is 5.78 Å². The quantitative estimate of drug-likeness (QED) is 0.692. The fraction of sp³-hybridized carbons (Fsp3) is 0.0588. The van der Waals surface area contributed by atoms with Gasteiger partial charge in [0.2, 0.25) is 0 Å². The first-order valence-corrected chi connectivity index (χ1v) is 6.78. The predicted octanol–water partition coefficient (Wildman–Crippen LogP) is 3.60. The SMILES string of the molecule is CNC(=O)c1ccc(/C=C/C(=O)c2cccc(Cl)c2)cc1. The number of ketones is 1. The summed E-state index contributed by atoms with van der Waals surface area (Å²) < 4.78 is 0. The zero-order valence-corrected chi connectivity index (χ0v) is 12.2. The Morgan fingerprint density at radius 1 is 1.05 bits per heavy atom. The van der Waals surface area contributed by atoms with Crippen molar-refractivity contribution in [2.45, 2.75) is 0 Å². The molecule has 1 N–H and O–H groups in total. The molecule has 1 amide bonds. The van der Waals surface area contributed by atoms with Gasteiger partial charge in [-0.25, -0.2) is 0 Å². The van der Waals surface area contributed by atoms with Crippen LogP contribution in [0.15, 0.2) is 54.6 Å². The van der Waals surface area contributed by atoms with Gasteiger partial charge in [-0.15, -0.1) is 0 Å². The fourth-order valence-corrected chi connectivity index (χ4v) is 1.99.